The molecule has 1 aliphatic rings. The molecule has 1 aromatic rings. The fraction of sp³-hybridized carbons (Fsp3) is 0.500. The van der Waals surface area contributed by atoms with Crippen LogP contribution in [-0.4, -0.2) is 63.2 Å². The number of likely N-dealkylation sites (N-methyl/N-ethyl adjacent to an activating group) is 1. The lowest BCUT2D eigenvalue weighted by molar-refractivity contribution is 0.0657. The first kappa shape index (κ1) is 15.1. The Morgan fingerprint density at radius 2 is 1.60 bits per heavy atom. The molecule has 0 aliphatic carbocycles. The second-order valence-corrected chi connectivity index (χ2v) is 5.70. The molecule has 0 unspecified atom stereocenters. The summed E-state index contributed by atoms with van der Waals surface area (Å²) in [4.78, 5) is 16.8. The van der Waals surface area contributed by atoms with Crippen LogP contribution < -0.4 is 9.47 Å². The normalized spacial score (nSPS) is 16.1. The number of benzene rings is 1. The maximum absolute atomic E-state index is 12.7. The Morgan fingerprint density at radius 3 is 2.05 bits per heavy atom. The van der Waals surface area contributed by atoms with E-state index in [9.17, 15) is 4.79 Å². The summed E-state index contributed by atoms with van der Waals surface area (Å²) in [6.07, 6.45) is 0. The highest BCUT2D eigenvalue weighted by atomic mass is 79.9. The summed E-state index contributed by atoms with van der Waals surface area (Å²) in [7, 11) is 5.17. The van der Waals surface area contributed by atoms with Crippen molar-refractivity contribution in [2.24, 2.45) is 0 Å². The van der Waals surface area contributed by atoms with Crippen molar-refractivity contribution >= 4 is 21.8 Å². The van der Waals surface area contributed by atoms with Gasteiger partial charge in [-0.15, -0.1) is 0 Å². The molecule has 1 aromatic carbocycles. The molecule has 0 radical (unpaired) electrons. The first-order valence-corrected chi connectivity index (χ1v) is 7.25. The van der Waals surface area contributed by atoms with Gasteiger partial charge >= 0.3 is 0 Å². The Morgan fingerprint density at radius 1 is 1.10 bits per heavy atom. The number of methoxy groups -OCH3 is 2. The van der Waals surface area contributed by atoms with Gasteiger partial charge in [0.1, 0.15) is 17.1 Å². The van der Waals surface area contributed by atoms with Crippen LogP contribution in [0.15, 0.2) is 16.6 Å². The summed E-state index contributed by atoms with van der Waals surface area (Å²) in [6, 6.07) is 3.57. The number of hydrogen-bond acceptors (Lipinski definition) is 4. The van der Waals surface area contributed by atoms with Crippen molar-refractivity contribution in [1.82, 2.24) is 9.80 Å². The summed E-state index contributed by atoms with van der Waals surface area (Å²) >= 11 is 3.39. The molecule has 20 heavy (non-hydrogen) atoms. The average molecular weight is 343 g/mol. The van der Waals surface area contributed by atoms with Crippen molar-refractivity contribution in [3.8, 4) is 11.5 Å². The third-order valence-electron chi connectivity index (χ3n) is 3.47. The Bertz CT molecular complexity index is 474. The fourth-order valence-corrected chi connectivity index (χ4v) is 2.67. The van der Waals surface area contributed by atoms with E-state index >= 15 is 0 Å². The second-order valence-electron chi connectivity index (χ2n) is 4.78. The second kappa shape index (κ2) is 6.45. The molecule has 0 saturated carbocycles. The molecule has 5 nitrogen and oxygen atoms in total. The molecule has 2 rings (SSSR count). The number of piperazine rings is 1. The number of amides is 1. The van der Waals surface area contributed by atoms with Crippen LogP contribution in [0.3, 0.4) is 0 Å². The average Bonchev–Trinajstić information content (AvgIpc) is 2.46. The van der Waals surface area contributed by atoms with Gasteiger partial charge in [0, 0.05) is 30.7 Å². The van der Waals surface area contributed by atoms with E-state index in [1.165, 1.54) is 0 Å². The maximum atomic E-state index is 12.7. The van der Waals surface area contributed by atoms with E-state index < -0.39 is 0 Å². The lowest BCUT2D eigenvalue weighted by Gasteiger charge is -2.33. The van der Waals surface area contributed by atoms with Crippen LogP contribution in [-0.2, 0) is 0 Å². The quantitative estimate of drug-likeness (QED) is 0.840. The van der Waals surface area contributed by atoms with Gasteiger partial charge in [0.05, 0.1) is 14.2 Å². The van der Waals surface area contributed by atoms with Crippen LogP contribution in [0.25, 0.3) is 0 Å². The molecule has 0 atom stereocenters. The summed E-state index contributed by atoms with van der Waals surface area (Å²) in [5.41, 5.74) is 0.489. The highest BCUT2D eigenvalue weighted by Gasteiger charge is 2.26. The lowest BCUT2D eigenvalue weighted by atomic mass is 10.1. The van der Waals surface area contributed by atoms with Crippen molar-refractivity contribution in [3.05, 3.63) is 22.2 Å². The third-order valence-corrected chi connectivity index (χ3v) is 3.93. The number of hydrogen-bond donors (Lipinski definition) is 0. The number of nitrogens with zero attached hydrogens (tertiary/aromatic N) is 2. The first-order chi connectivity index (χ1) is 9.56. The number of carbonyl (C=O) groups is 1. The smallest absolute Gasteiger partial charge is 0.261 e. The zero-order chi connectivity index (χ0) is 14.7. The molecule has 1 saturated heterocycles. The van der Waals surface area contributed by atoms with Gasteiger partial charge in [-0.1, -0.05) is 15.9 Å². The summed E-state index contributed by atoms with van der Waals surface area (Å²) in [5.74, 6) is 1.01. The van der Waals surface area contributed by atoms with E-state index in [1.807, 2.05) is 4.90 Å². The molecule has 1 amide bonds. The molecule has 6 heteroatoms. The maximum Gasteiger partial charge on any atom is 0.261 e. The Hall–Kier alpha value is -1.27. The molecule has 1 aliphatic heterocycles. The van der Waals surface area contributed by atoms with Crippen molar-refractivity contribution < 1.29 is 14.3 Å². The SMILES string of the molecule is COc1cc(Br)cc(OC)c1C(=O)N1CCN(C)CC1. The minimum atomic E-state index is -0.0423. The molecule has 1 fully saturated rings. The number of halogens is 1. The van der Waals surface area contributed by atoms with Gasteiger partial charge in [0.15, 0.2) is 0 Å². The van der Waals surface area contributed by atoms with Crippen molar-refractivity contribution in [2.75, 3.05) is 47.4 Å². The van der Waals surface area contributed by atoms with E-state index in [-0.39, 0.29) is 5.91 Å². The minimum absolute atomic E-state index is 0.0423. The molecule has 1 heterocycles. The van der Waals surface area contributed by atoms with Crippen LogP contribution in [0.1, 0.15) is 10.4 Å². The van der Waals surface area contributed by atoms with Gasteiger partial charge in [-0.25, -0.2) is 0 Å². The van der Waals surface area contributed by atoms with Crippen LogP contribution in [0.2, 0.25) is 0 Å². The van der Waals surface area contributed by atoms with Gasteiger partial charge < -0.3 is 19.3 Å². The van der Waals surface area contributed by atoms with Crippen molar-refractivity contribution in [1.29, 1.82) is 0 Å². The largest absolute Gasteiger partial charge is 0.496 e. The predicted octanol–water partition coefficient (Wildman–Crippen LogP) is 1.85. The van der Waals surface area contributed by atoms with Crippen molar-refractivity contribution in [3.63, 3.8) is 0 Å². The minimum Gasteiger partial charge on any atom is -0.496 e. The van der Waals surface area contributed by atoms with Crippen LogP contribution in [0, 0.1) is 0 Å². The van der Waals surface area contributed by atoms with Gasteiger partial charge in [-0.2, -0.15) is 0 Å². The summed E-state index contributed by atoms with van der Waals surface area (Å²) in [5, 5.41) is 0. The highest BCUT2D eigenvalue weighted by Crippen LogP contribution is 2.34. The third kappa shape index (κ3) is 3.07. The topological polar surface area (TPSA) is 42.0 Å². The zero-order valence-corrected chi connectivity index (χ0v) is 13.6. The van der Waals surface area contributed by atoms with Crippen LogP contribution >= 0.6 is 15.9 Å². The molecule has 0 N–H and O–H groups in total. The standard InChI is InChI=1S/C14H19BrN2O3/c1-16-4-6-17(7-5-16)14(18)13-11(19-2)8-10(15)9-12(13)20-3/h8-9H,4-7H2,1-3H3. The van der Waals surface area contributed by atoms with Crippen LogP contribution in [0.4, 0.5) is 0 Å². The Balaban J connectivity index is 2.33. The molecule has 110 valence electrons. The van der Waals surface area contributed by atoms with Crippen LogP contribution in [0.5, 0.6) is 11.5 Å². The molecule has 0 aromatic heterocycles. The number of rotatable bonds is 3. The van der Waals surface area contributed by atoms with Gasteiger partial charge in [-0.05, 0) is 19.2 Å². The van der Waals surface area contributed by atoms with E-state index in [0.717, 1.165) is 30.7 Å². The Kier molecular flexibility index (Phi) is 4.88. The highest BCUT2D eigenvalue weighted by molar-refractivity contribution is 9.10. The number of carbonyl (C=O) groups excluding carboxylic acids is 1. The Labute approximate surface area is 127 Å². The van der Waals surface area contributed by atoms with Gasteiger partial charge in [-0.3, -0.25) is 4.79 Å². The summed E-state index contributed by atoms with van der Waals surface area (Å²) < 4.78 is 11.5. The summed E-state index contributed by atoms with van der Waals surface area (Å²) in [6.45, 7) is 3.20. The molecular formula is C14H19BrN2O3. The predicted molar refractivity (Wildman–Crippen MR) is 80.6 cm³/mol. The zero-order valence-electron chi connectivity index (χ0n) is 12.0. The lowest BCUT2D eigenvalue weighted by Crippen LogP contribution is -2.47. The van der Waals surface area contributed by atoms with Gasteiger partial charge in [0.2, 0.25) is 0 Å². The van der Waals surface area contributed by atoms with Crippen molar-refractivity contribution in [2.45, 2.75) is 0 Å². The molecule has 0 spiro atoms. The monoisotopic (exact) mass is 342 g/mol. The van der Waals surface area contributed by atoms with E-state index in [4.69, 9.17) is 9.47 Å². The fourth-order valence-electron chi connectivity index (χ4n) is 2.26. The number of ether oxygens (including phenoxy) is 2. The van der Waals surface area contributed by atoms with E-state index in [1.54, 1.807) is 26.4 Å². The van der Waals surface area contributed by atoms with Gasteiger partial charge in [0.25, 0.3) is 5.91 Å². The molecule has 0 bridgehead atoms. The van der Waals surface area contributed by atoms with E-state index in [2.05, 4.69) is 27.9 Å². The van der Waals surface area contributed by atoms with E-state index in [0.29, 0.717) is 17.1 Å². The molecular weight excluding hydrogens is 324 g/mol. The first-order valence-electron chi connectivity index (χ1n) is 6.46.